The molecule has 1 heterocycles. The second-order valence-electron chi connectivity index (χ2n) is 5.70. The van der Waals surface area contributed by atoms with Crippen LogP contribution in [-0.4, -0.2) is 26.8 Å². The summed E-state index contributed by atoms with van der Waals surface area (Å²) in [5.74, 6) is -0.486. The molecule has 1 aromatic heterocycles. The number of hydrogen-bond donors (Lipinski definition) is 1. The number of nitro groups is 1. The van der Waals surface area contributed by atoms with Gasteiger partial charge in [-0.2, -0.15) is 10.2 Å². The van der Waals surface area contributed by atoms with E-state index in [1.54, 1.807) is 23.0 Å². The number of benzene rings is 2. The number of aromatic nitrogens is 2. The standard InChI is InChI=1S/C18H13BrClN5O3/c19-16-11-24(10-13-1-5-14(20)6-2-13)23-17(16)18(26)22-21-9-12-3-7-15(8-4-12)25(27)28/h1-9,11H,10H2,(H,22,26)/b21-9-. The Kier molecular flexibility index (Phi) is 6.17. The van der Waals surface area contributed by atoms with E-state index in [4.69, 9.17) is 11.6 Å². The first-order valence-electron chi connectivity index (χ1n) is 7.97. The van der Waals surface area contributed by atoms with Gasteiger partial charge in [0.15, 0.2) is 5.69 Å². The lowest BCUT2D eigenvalue weighted by Crippen LogP contribution is -2.19. The zero-order valence-corrected chi connectivity index (χ0v) is 16.6. The van der Waals surface area contributed by atoms with Crippen LogP contribution in [0.25, 0.3) is 0 Å². The highest BCUT2D eigenvalue weighted by atomic mass is 79.9. The molecule has 10 heteroatoms. The van der Waals surface area contributed by atoms with E-state index in [0.717, 1.165) is 5.56 Å². The Morgan fingerprint density at radius 2 is 1.93 bits per heavy atom. The molecule has 1 amide bonds. The first kappa shape index (κ1) is 19.7. The number of nitrogens with zero attached hydrogens (tertiary/aromatic N) is 4. The zero-order chi connectivity index (χ0) is 20.1. The molecular formula is C18H13BrClN5O3. The molecule has 0 aliphatic rings. The van der Waals surface area contributed by atoms with Crippen molar-refractivity contribution in [1.82, 2.24) is 15.2 Å². The fourth-order valence-corrected chi connectivity index (χ4v) is 2.93. The van der Waals surface area contributed by atoms with E-state index in [0.29, 0.717) is 21.6 Å². The third kappa shape index (κ3) is 5.02. The maximum Gasteiger partial charge on any atom is 0.293 e. The molecule has 2 aromatic carbocycles. The highest BCUT2D eigenvalue weighted by Gasteiger charge is 2.15. The summed E-state index contributed by atoms with van der Waals surface area (Å²) in [7, 11) is 0. The molecule has 0 spiro atoms. The fourth-order valence-electron chi connectivity index (χ4n) is 2.31. The van der Waals surface area contributed by atoms with Crippen LogP contribution < -0.4 is 5.43 Å². The van der Waals surface area contributed by atoms with E-state index in [-0.39, 0.29) is 11.4 Å². The number of amides is 1. The van der Waals surface area contributed by atoms with Crippen LogP contribution >= 0.6 is 27.5 Å². The molecule has 0 aliphatic heterocycles. The van der Waals surface area contributed by atoms with Crippen LogP contribution in [-0.2, 0) is 6.54 Å². The van der Waals surface area contributed by atoms with Crippen molar-refractivity contribution >= 4 is 45.3 Å². The number of nitrogens with one attached hydrogen (secondary N) is 1. The van der Waals surface area contributed by atoms with Crippen LogP contribution in [0.2, 0.25) is 5.02 Å². The lowest BCUT2D eigenvalue weighted by molar-refractivity contribution is -0.384. The van der Waals surface area contributed by atoms with Crippen LogP contribution in [0, 0.1) is 10.1 Å². The molecule has 0 aliphatic carbocycles. The third-order valence-corrected chi connectivity index (χ3v) is 4.51. The van der Waals surface area contributed by atoms with Gasteiger partial charge in [-0.15, -0.1) is 0 Å². The number of halogens is 2. The average Bonchev–Trinajstić information content (AvgIpc) is 3.04. The summed E-state index contributed by atoms with van der Waals surface area (Å²) in [6.45, 7) is 0.481. The predicted octanol–water partition coefficient (Wildman–Crippen LogP) is 4.02. The maximum atomic E-state index is 12.3. The second kappa shape index (κ2) is 8.77. The van der Waals surface area contributed by atoms with Gasteiger partial charge in [-0.05, 0) is 51.3 Å². The van der Waals surface area contributed by atoms with E-state index < -0.39 is 10.8 Å². The normalized spacial score (nSPS) is 10.9. The molecule has 0 atom stereocenters. The van der Waals surface area contributed by atoms with Gasteiger partial charge in [-0.3, -0.25) is 19.6 Å². The van der Waals surface area contributed by atoms with Crippen molar-refractivity contribution in [2.75, 3.05) is 0 Å². The van der Waals surface area contributed by atoms with Crippen molar-refractivity contribution < 1.29 is 9.72 Å². The lowest BCUT2D eigenvalue weighted by Gasteiger charge is -2.01. The van der Waals surface area contributed by atoms with Crippen molar-refractivity contribution in [2.45, 2.75) is 6.54 Å². The summed E-state index contributed by atoms with van der Waals surface area (Å²) in [5, 5.41) is 19.4. The SMILES string of the molecule is O=C(N/N=C\c1ccc([N+](=O)[O-])cc1)c1nn(Cc2ccc(Cl)cc2)cc1Br. The monoisotopic (exact) mass is 461 g/mol. The van der Waals surface area contributed by atoms with E-state index in [9.17, 15) is 14.9 Å². The first-order chi connectivity index (χ1) is 13.4. The molecule has 0 saturated heterocycles. The summed E-state index contributed by atoms with van der Waals surface area (Å²) in [6.07, 6.45) is 3.09. The summed E-state index contributed by atoms with van der Waals surface area (Å²) in [6, 6.07) is 13.1. The van der Waals surface area contributed by atoms with Gasteiger partial charge in [0.2, 0.25) is 0 Å². The summed E-state index contributed by atoms with van der Waals surface area (Å²) < 4.78 is 2.16. The third-order valence-electron chi connectivity index (χ3n) is 3.67. The second-order valence-corrected chi connectivity index (χ2v) is 6.99. The highest BCUT2D eigenvalue weighted by Crippen LogP contribution is 2.17. The molecule has 1 N–H and O–H groups in total. The molecule has 0 unspecified atom stereocenters. The Hall–Kier alpha value is -3.04. The number of nitro benzene ring substituents is 1. The summed E-state index contributed by atoms with van der Waals surface area (Å²) in [4.78, 5) is 22.4. The van der Waals surface area contributed by atoms with Gasteiger partial charge < -0.3 is 0 Å². The largest absolute Gasteiger partial charge is 0.293 e. The number of carbonyl (C=O) groups excluding carboxylic acids is 1. The number of hydrazone groups is 1. The number of carbonyl (C=O) groups is 1. The molecule has 8 nitrogen and oxygen atoms in total. The van der Waals surface area contributed by atoms with E-state index in [1.807, 2.05) is 12.1 Å². The smallest absolute Gasteiger partial charge is 0.266 e. The lowest BCUT2D eigenvalue weighted by atomic mass is 10.2. The van der Waals surface area contributed by atoms with Crippen molar-refractivity contribution in [3.05, 3.63) is 91.2 Å². The average molecular weight is 463 g/mol. The molecular weight excluding hydrogens is 450 g/mol. The van der Waals surface area contributed by atoms with Crippen molar-refractivity contribution in [3.63, 3.8) is 0 Å². The Morgan fingerprint density at radius 1 is 1.25 bits per heavy atom. The van der Waals surface area contributed by atoms with Crippen LogP contribution in [0.15, 0.2) is 64.3 Å². The summed E-state index contributed by atoms with van der Waals surface area (Å²) >= 11 is 9.19. The Balaban J connectivity index is 1.63. The van der Waals surface area contributed by atoms with Crippen LogP contribution in [0.1, 0.15) is 21.6 Å². The molecule has 0 bridgehead atoms. The van der Waals surface area contributed by atoms with Gasteiger partial charge in [0.05, 0.1) is 22.2 Å². The zero-order valence-electron chi connectivity index (χ0n) is 14.3. The quantitative estimate of drug-likeness (QED) is 0.339. The Bertz CT molecular complexity index is 1030. The number of non-ortho nitro benzene ring substituents is 1. The van der Waals surface area contributed by atoms with Crippen molar-refractivity contribution in [1.29, 1.82) is 0 Å². The van der Waals surface area contributed by atoms with E-state index in [1.165, 1.54) is 30.5 Å². The number of hydrogen-bond acceptors (Lipinski definition) is 5. The molecule has 3 rings (SSSR count). The van der Waals surface area contributed by atoms with Crippen molar-refractivity contribution in [2.24, 2.45) is 5.10 Å². The minimum Gasteiger partial charge on any atom is -0.266 e. The minimum absolute atomic E-state index is 0.0173. The van der Waals surface area contributed by atoms with Crippen molar-refractivity contribution in [3.8, 4) is 0 Å². The van der Waals surface area contributed by atoms with Gasteiger partial charge in [0.1, 0.15) is 0 Å². The molecule has 142 valence electrons. The molecule has 28 heavy (non-hydrogen) atoms. The van der Waals surface area contributed by atoms with Gasteiger partial charge in [0, 0.05) is 23.4 Å². The molecule has 3 aromatic rings. The van der Waals surface area contributed by atoms with Gasteiger partial charge in [-0.1, -0.05) is 23.7 Å². The van der Waals surface area contributed by atoms with Crippen LogP contribution in [0.4, 0.5) is 5.69 Å². The molecule has 0 saturated carbocycles. The van der Waals surface area contributed by atoms with Gasteiger partial charge in [0.25, 0.3) is 11.6 Å². The van der Waals surface area contributed by atoms with Gasteiger partial charge in [-0.25, -0.2) is 5.43 Å². The molecule has 0 fully saturated rings. The highest BCUT2D eigenvalue weighted by molar-refractivity contribution is 9.10. The first-order valence-corrected chi connectivity index (χ1v) is 9.15. The predicted molar refractivity (Wildman–Crippen MR) is 109 cm³/mol. The molecule has 0 radical (unpaired) electrons. The fraction of sp³-hybridized carbons (Fsp3) is 0.0556. The van der Waals surface area contributed by atoms with Gasteiger partial charge >= 0.3 is 0 Å². The Morgan fingerprint density at radius 3 is 2.57 bits per heavy atom. The topological polar surface area (TPSA) is 102 Å². The maximum absolute atomic E-state index is 12.3. The number of rotatable bonds is 6. The minimum atomic E-state index is -0.486. The Labute approximate surface area is 173 Å². The van der Waals surface area contributed by atoms with Crippen LogP contribution in [0.5, 0.6) is 0 Å². The van der Waals surface area contributed by atoms with E-state index in [2.05, 4.69) is 31.6 Å². The van der Waals surface area contributed by atoms with Crippen LogP contribution in [0.3, 0.4) is 0 Å². The summed E-state index contributed by atoms with van der Waals surface area (Å²) in [5.41, 5.74) is 4.15. The van der Waals surface area contributed by atoms with E-state index >= 15 is 0 Å².